The number of carbonyl (C=O) groups is 1. The summed E-state index contributed by atoms with van der Waals surface area (Å²) >= 11 is 1.46. The average Bonchev–Trinajstić information content (AvgIpc) is 3.46. The molecule has 132 valence electrons. The second-order valence-corrected chi connectivity index (χ2v) is 7.49. The molecule has 1 fully saturated rings. The minimum Gasteiger partial charge on any atom is -0.293 e. The summed E-state index contributed by atoms with van der Waals surface area (Å²) in [6.45, 7) is 2.11. The topological polar surface area (TPSA) is 47.8 Å². The van der Waals surface area contributed by atoms with Crippen molar-refractivity contribution < 1.29 is 4.79 Å². The highest BCUT2D eigenvalue weighted by Gasteiger charge is 2.31. The number of Topliss-reactive ketones (excluding diaryl/α,β-unsaturated/α-hetero) is 1. The zero-order chi connectivity index (χ0) is 17.9. The van der Waals surface area contributed by atoms with Gasteiger partial charge >= 0.3 is 0 Å². The summed E-state index contributed by atoms with van der Waals surface area (Å²) in [6, 6.07) is 18.0. The monoisotopic (exact) mass is 363 g/mol. The van der Waals surface area contributed by atoms with Crippen LogP contribution < -0.4 is 0 Å². The zero-order valence-electron chi connectivity index (χ0n) is 14.8. The summed E-state index contributed by atoms with van der Waals surface area (Å²) in [6.07, 6.45) is 3.31. The summed E-state index contributed by atoms with van der Waals surface area (Å²) in [5.74, 6) is 1.99. The van der Waals surface area contributed by atoms with Gasteiger partial charge in [0, 0.05) is 17.2 Å². The molecule has 4 nitrogen and oxygen atoms in total. The Bertz CT molecular complexity index is 899. The Balaban J connectivity index is 1.54. The van der Waals surface area contributed by atoms with Crippen LogP contribution in [-0.4, -0.2) is 26.3 Å². The van der Waals surface area contributed by atoms with Crippen LogP contribution in [0.5, 0.6) is 0 Å². The van der Waals surface area contributed by atoms with E-state index in [1.165, 1.54) is 30.2 Å². The van der Waals surface area contributed by atoms with Crippen molar-refractivity contribution in [3.8, 4) is 5.69 Å². The van der Waals surface area contributed by atoms with Gasteiger partial charge in [0.2, 0.25) is 0 Å². The molecule has 4 rings (SSSR count). The SMILES string of the molecule is CCc1ccc(C(=O)CSc2nnc(C3CC3)n2-c2ccccc2)cc1. The lowest BCUT2D eigenvalue weighted by molar-refractivity contribution is 0.102. The van der Waals surface area contributed by atoms with E-state index >= 15 is 0 Å². The van der Waals surface area contributed by atoms with E-state index in [4.69, 9.17) is 0 Å². The van der Waals surface area contributed by atoms with Crippen molar-refractivity contribution in [1.82, 2.24) is 14.8 Å². The maximum absolute atomic E-state index is 12.5. The number of aromatic nitrogens is 3. The van der Waals surface area contributed by atoms with Gasteiger partial charge in [-0.2, -0.15) is 0 Å². The predicted octanol–water partition coefficient (Wildman–Crippen LogP) is 4.68. The Labute approximate surface area is 157 Å². The molecule has 1 aliphatic carbocycles. The van der Waals surface area contributed by atoms with Crippen LogP contribution in [0.15, 0.2) is 59.8 Å². The van der Waals surface area contributed by atoms with Crippen molar-refractivity contribution >= 4 is 17.5 Å². The molecular formula is C21H21N3OS. The molecule has 5 heteroatoms. The molecule has 0 radical (unpaired) electrons. The van der Waals surface area contributed by atoms with Crippen molar-refractivity contribution in [1.29, 1.82) is 0 Å². The summed E-state index contributed by atoms with van der Waals surface area (Å²) in [5.41, 5.74) is 3.05. The van der Waals surface area contributed by atoms with Gasteiger partial charge < -0.3 is 0 Å². The lowest BCUT2D eigenvalue weighted by Crippen LogP contribution is -2.05. The smallest absolute Gasteiger partial charge is 0.196 e. The predicted molar refractivity (Wildman–Crippen MR) is 104 cm³/mol. The minimum atomic E-state index is 0.119. The third-order valence-electron chi connectivity index (χ3n) is 4.63. The largest absolute Gasteiger partial charge is 0.293 e. The van der Waals surface area contributed by atoms with Crippen LogP contribution in [0, 0.1) is 0 Å². The van der Waals surface area contributed by atoms with Crippen LogP contribution >= 0.6 is 11.8 Å². The Morgan fingerprint density at radius 1 is 1.08 bits per heavy atom. The van der Waals surface area contributed by atoms with Crippen molar-refractivity contribution in [2.45, 2.75) is 37.3 Å². The molecule has 0 unspecified atom stereocenters. The van der Waals surface area contributed by atoms with Crippen molar-refractivity contribution in [2.24, 2.45) is 0 Å². The van der Waals surface area contributed by atoms with Crippen LogP contribution in [0.4, 0.5) is 0 Å². The highest BCUT2D eigenvalue weighted by atomic mass is 32.2. The number of hydrogen-bond donors (Lipinski definition) is 0. The van der Waals surface area contributed by atoms with Gasteiger partial charge in [-0.1, -0.05) is 61.2 Å². The third kappa shape index (κ3) is 3.58. The van der Waals surface area contributed by atoms with Gasteiger partial charge in [-0.15, -0.1) is 10.2 Å². The van der Waals surface area contributed by atoms with E-state index in [2.05, 4.69) is 33.8 Å². The molecule has 0 bridgehead atoms. The molecule has 1 saturated carbocycles. The maximum atomic E-state index is 12.5. The van der Waals surface area contributed by atoms with E-state index in [9.17, 15) is 4.79 Å². The molecular weight excluding hydrogens is 342 g/mol. The number of hydrogen-bond acceptors (Lipinski definition) is 4. The standard InChI is InChI=1S/C21H21N3OS/c1-2-15-8-10-16(11-9-15)19(25)14-26-21-23-22-20(17-12-13-17)24(21)18-6-4-3-5-7-18/h3-11,17H,2,12-14H2,1H3. The summed E-state index contributed by atoms with van der Waals surface area (Å²) < 4.78 is 2.11. The molecule has 2 aromatic carbocycles. The molecule has 1 heterocycles. The average molecular weight is 363 g/mol. The molecule has 26 heavy (non-hydrogen) atoms. The Hall–Kier alpha value is -2.40. The second kappa shape index (κ2) is 7.46. The maximum Gasteiger partial charge on any atom is 0.196 e. The van der Waals surface area contributed by atoms with Gasteiger partial charge in [0.25, 0.3) is 0 Å². The summed E-state index contributed by atoms with van der Waals surface area (Å²) in [7, 11) is 0. The molecule has 0 saturated heterocycles. The normalized spacial score (nSPS) is 13.7. The van der Waals surface area contributed by atoms with E-state index in [0.717, 1.165) is 28.7 Å². The van der Waals surface area contributed by atoms with E-state index in [1.54, 1.807) is 0 Å². The molecule has 0 aliphatic heterocycles. The van der Waals surface area contributed by atoms with E-state index < -0.39 is 0 Å². The Kier molecular flexibility index (Phi) is 4.89. The molecule has 1 aromatic heterocycles. The van der Waals surface area contributed by atoms with Gasteiger partial charge in [0.15, 0.2) is 10.9 Å². The summed E-state index contributed by atoms with van der Waals surface area (Å²) in [5, 5.41) is 9.57. The number of rotatable bonds is 7. The van der Waals surface area contributed by atoms with Crippen molar-refractivity contribution in [3.05, 3.63) is 71.5 Å². The van der Waals surface area contributed by atoms with Crippen LogP contribution in [-0.2, 0) is 6.42 Å². The van der Waals surface area contributed by atoms with Gasteiger partial charge in [0.05, 0.1) is 5.75 Å². The number of aryl methyl sites for hydroxylation is 1. The highest BCUT2D eigenvalue weighted by Crippen LogP contribution is 2.41. The van der Waals surface area contributed by atoms with Crippen LogP contribution in [0.25, 0.3) is 5.69 Å². The number of carbonyl (C=O) groups excluding carboxylic acids is 1. The third-order valence-corrected chi connectivity index (χ3v) is 5.56. The fraction of sp³-hybridized carbons (Fsp3) is 0.286. The van der Waals surface area contributed by atoms with Crippen LogP contribution in [0.1, 0.15) is 47.4 Å². The fourth-order valence-corrected chi connectivity index (χ4v) is 3.79. The van der Waals surface area contributed by atoms with Crippen molar-refractivity contribution in [3.63, 3.8) is 0 Å². The first kappa shape index (κ1) is 17.0. The van der Waals surface area contributed by atoms with E-state index in [1.807, 2.05) is 42.5 Å². The lowest BCUT2D eigenvalue weighted by atomic mass is 10.1. The number of thioether (sulfide) groups is 1. The summed E-state index contributed by atoms with van der Waals surface area (Å²) in [4.78, 5) is 12.5. The van der Waals surface area contributed by atoms with Crippen LogP contribution in [0.2, 0.25) is 0 Å². The fourth-order valence-electron chi connectivity index (χ4n) is 2.94. The second-order valence-electron chi connectivity index (χ2n) is 6.55. The molecule has 3 aromatic rings. The number of para-hydroxylation sites is 1. The van der Waals surface area contributed by atoms with Gasteiger partial charge in [-0.3, -0.25) is 9.36 Å². The van der Waals surface area contributed by atoms with Crippen molar-refractivity contribution in [2.75, 3.05) is 5.75 Å². The van der Waals surface area contributed by atoms with Gasteiger partial charge in [0.1, 0.15) is 5.82 Å². The lowest BCUT2D eigenvalue weighted by Gasteiger charge is -2.09. The first-order valence-electron chi connectivity index (χ1n) is 9.02. The quantitative estimate of drug-likeness (QED) is 0.452. The molecule has 1 aliphatic rings. The Morgan fingerprint density at radius 3 is 2.46 bits per heavy atom. The van der Waals surface area contributed by atoms with Gasteiger partial charge in [-0.25, -0.2) is 0 Å². The number of benzene rings is 2. The zero-order valence-corrected chi connectivity index (χ0v) is 15.6. The first-order valence-corrected chi connectivity index (χ1v) is 10.0. The first-order chi connectivity index (χ1) is 12.8. The van der Waals surface area contributed by atoms with Crippen LogP contribution in [0.3, 0.4) is 0 Å². The number of nitrogens with zero attached hydrogens (tertiary/aromatic N) is 3. The van der Waals surface area contributed by atoms with E-state index in [0.29, 0.717) is 11.7 Å². The Morgan fingerprint density at radius 2 is 1.81 bits per heavy atom. The number of ketones is 1. The highest BCUT2D eigenvalue weighted by molar-refractivity contribution is 7.99. The molecule has 0 N–H and O–H groups in total. The molecule has 0 atom stereocenters. The minimum absolute atomic E-state index is 0.119. The van der Waals surface area contributed by atoms with Gasteiger partial charge in [-0.05, 0) is 37.0 Å². The molecule has 0 spiro atoms. The van der Waals surface area contributed by atoms with E-state index in [-0.39, 0.29) is 5.78 Å². The molecule has 0 amide bonds.